The first-order valence-electron chi connectivity index (χ1n) is 16.7. The number of piperidine rings is 1. The molecule has 6 rings (SSSR count). The summed E-state index contributed by atoms with van der Waals surface area (Å²) in [5.41, 5.74) is 4.79. The Bertz CT molecular complexity index is 1590. The van der Waals surface area contributed by atoms with Crippen LogP contribution in [0.15, 0.2) is 36.4 Å². The van der Waals surface area contributed by atoms with Crippen LogP contribution in [0, 0.1) is 23.7 Å². The smallest absolute Gasteiger partial charge is 0.236 e. The van der Waals surface area contributed by atoms with Crippen molar-refractivity contribution in [1.29, 1.82) is 0 Å². The minimum Gasteiger partial charge on any atom is -0.394 e. The largest absolute Gasteiger partial charge is 0.394 e. The molecule has 1 aliphatic carbocycles. The number of aliphatic hydroxyl groups is 8. The maximum atomic E-state index is 13.0. The van der Waals surface area contributed by atoms with E-state index in [0.717, 1.165) is 22.3 Å². The molecular weight excluding hydrogens is 648 g/mol. The third kappa shape index (κ3) is 6.68. The summed E-state index contributed by atoms with van der Waals surface area (Å²) in [4.78, 5) is 16.7. The summed E-state index contributed by atoms with van der Waals surface area (Å²) < 4.78 is 11.2. The Hall–Kier alpha value is -3.41. The molecule has 0 unspecified atom stereocenters. The van der Waals surface area contributed by atoms with E-state index in [9.17, 15) is 45.6 Å². The summed E-state index contributed by atoms with van der Waals surface area (Å²) in [5, 5.41) is 80.8. The molecule has 268 valence electrons. The van der Waals surface area contributed by atoms with Gasteiger partial charge in [-0.1, -0.05) is 35.8 Å². The van der Waals surface area contributed by atoms with Crippen LogP contribution in [0.1, 0.15) is 35.1 Å². The van der Waals surface area contributed by atoms with Gasteiger partial charge in [-0.05, 0) is 73.5 Å². The van der Waals surface area contributed by atoms with Gasteiger partial charge in [0.25, 0.3) is 0 Å². The lowest BCUT2D eigenvalue weighted by Gasteiger charge is -2.41. The molecule has 3 fully saturated rings. The van der Waals surface area contributed by atoms with Gasteiger partial charge in [-0.3, -0.25) is 4.79 Å². The van der Waals surface area contributed by atoms with Crippen molar-refractivity contribution in [2.45, 2.75) is 79.3 Å². The van der Waals surface area contributed by atoms with Crippen molar-refractivity contribution in [2.75, 3.05) is 46.9 Å². The van der Waals surface area contributed by atoms with Gasteiger partial charge in [0.1, 0.15) is 61.0 Å². The van der Waals surface area contributed by atoms with E-state index in [1.165, 1.54) is 0 Å². The molecule has 3 heterocycles. The molecule has 50 heavy (non-hydrogen) atoms. The van der Waals surface area contributed by atoms with Gasteiger partial charge in [0.2, 0.25) is 5.91 Å². The second-order valence-electron chi connectivity index (χ2n) is 13.8. The number of aliphatic hydroxyl groups excluding tert-OH is 8. The molecule has 13 nitrogen and oxygen atoms in total. The summed E-state index contributed by atoms with van der Waals surface area (Å²) >= 11 is 0. The van der Waals surface area contributed by atoms with Crippen molar-refractivity contribution in [3.63, 3.8) is 0 Å². The maximum Gasteiger partial charge on any atom is 0.236 e. The summed E-state index contributed by atoms with van der Waals surface area (Å²) in [5.74, 6) is 11.8. The molecule has 3 aliphatic heterocycles. The molecule has 0 saturated carbocycles. The standard InChI is InChI=1S/C37H44N2O11/c1-38(2)17-30(42)39-13-11-37(12-14-39)24-15-20(5-9-26-31(43)35(47)33(45)28(18-40)49-26)3-7-22(24)23-8-4-21(16-25(23)37)6-10-27-32(44)36(48)34(46)29(19-41)50-27/h3-4,7-8,15-16,26-29,31-36,40-41,43-48H,11-14,17-19H2,1-2H3/t26-,27-,28-,29-,31-,32-,33-,34-,35-,36-/m1/s1. The van der Waals surface area contributed by atoms with Gasteiger partial charge in [-0.25, -0.2) is 0 Å². The van der Waals surface area contributed by atoms with Crippen molar-refractivity contribution in [3.05, 3.63) is 58.7 Å². The van der Waals surface area contributed by atoms with Gasteiger partial charge in [-0.2, -0.15) is 0 Å². The molecular formula is C37H44N2O11. The van der Waals surface area contributed by atoms with Crippen LogP contribution in [0.25, 0.3) is 11.1 Å². The van der Waals surface area contributed by atoms with E-state index >= 15 is 0 Å². The number of amides is 1. The zero-order valence-electron chi connectivity index (χ0n) is 27.9. The van der Waals surface area contributed by atoms with Crippen LogP contribution in [0.4, 0.5) is 0 Å². The average Bonchev–Trinajstić information content (AvgIpc) is 3.36. The summed E-state index contributed by atoms with van der Waals surface area (Å²) in [6, 6.07) is 11.6. The van der Waals surface area contributed by atoms with E-state index in [2.05, 4.69) is 23.7 Å². The molecule has 4 aliphatic rings. The summed E-state index contributed by atoms with van der Waals surface area (Å²) in [7, 11) is 3.71. The number of carbonyl (C=O) groups excluding carboxylic acids is 1. The zero-order valence-corrected chi connectivity index (χ0v) is 27.9. The first kappa shape index (κ1) is 36.4. The normalized spacial score (nSPS) is 32.8. The van der Waals surface area contributed by atoms with Crippen LogP contribution in [0.3, 0.4) is 0 Å². The van der Waals surface area contributed by atoms with Crippen molar-refractivity contribution < 1.29 is 55.1 Å². The highest BCUT2D eigenvalue weighted by Gasteiger charge is 2.47. The van der Waals surface area contributed by atoms with E-state index in [1.54, 1.807) is 0 Å². The minimum absolute atomic E-state index is 0.0431. The van der Waals surface area contributed by atoms with E-state index in [4.69, 9.17) is 9.47 Å². The number of nitrogens with zero attached hydrogens (tertiary/aromatic N) is 2. The number of rotatable bonds is 4. The Labute approximate surface area is 290 Å². The number of benzene rings is 2. The van der Waals surface area contributed by atoms with Crippen LogP contribution in [-0.4, -0.2) is 165 Å². The summed E-state index contributed by atoms with van der Waals surface area (Å²) in [6.07, 6.45) is -12.1. The molecule has 0 bridgehead atoms. The first-order valence-corrected chi connectivity index (χ1v) is 16.7. The highest BCUT2D eigenvalue weighted by molar-refractivity contribution is 5.83. The predicted octanol–water partition coefficient (Wildman–Crippen LogP) is -2.48. The zero-order chi connectivity index (χ0) is 35.9. The van der Waals surface area contributed by atoms with E-state index < -0.39 is 79.7 Å². The number of carbonyl (C=O) groups is 1. The Balaban J connectivity index is 1.34. The molecule has 8 N–H and O–H groups in total. The predicted molar refractivity (Wildman–Crippen MR) is 178 cm³/mol. The average molecular weight is 693 g/mol. The van der Waals surface area contributed by atoms with Crippen molar-refractivity contribution in [1.82, 2.24) is 9.80 Å². The highest BCUT2D eigenvalue weighted by Crippen LogP contribution is 2.54. The molecule has 3 saturated heterocycles. The fourth-order valence-corrected chi connectivity index (χ4v) is 7.45. The Kier molecular flexibility index (Phi) is 10.7. The highest BCUT2D eigenvalue weighted by atomic mass is 16.5. The van der Waals surface area contributed by atoms with E-state index in [-0.39, 0.29) is 5.91 Å². The van der Waals surface area contributed by atoms with Crippen LogP contribution < -0.4 is 0 Å². The van der Waals surface area contributed by atoms with Gasteiger partial charge in [-0.15, -0.1) is 0 Å². The van der Waals surface area contributed by atoms with Crippen LogP contribution in [0.2, 0.25) is 0 Å². The summed E-state index contributed by atoms with van der Waals surface area (Å²) in [6.45, 7) is 0.243. The molecule has 13 heteroatoms. The second-order valence-corrected chi connectivity index (χ2v) is 13.8. The molecule has 0 radical (unpaired) electrons. The number of likely N-dealkylation sites (N-methyl/N-ethyl adjacent to an activating group) is 1. The van der Waals surface area contributed by atoms with Gasteiger partial charge in [0, 0.05) is 29.6 Å². The topological polar surface area (TPSA) is 204 Å². The third-order valence-corrected chi connectivity index (χ3v) is 10.3. The fraction of sp³-hybridized carbons (Fsp3) is 0.541. The molecule has 1 amide bonds. The SMILES string of the molecule is CN(C)CC(=O)N1CCC2(CC1)c1cc(C#C[C@H]3O[C@H](CO)[C@@H](O)[C@H](O)[C@@H]3O)ccc1-c1ccc(C#C[C@H]3O[C@H](CO)[C@@H](O)[C@H](O)[C@@H]3O)cc12. The molecule has 0 aromatic heterocycles. The van der Waals surface area contributed by atoms with E-state index in [1.807, 2.05) is 60.3 Å². The maximum absolute atomic E-state index is 13.0. The number of ether oxygens (including phenoxy) is 2. The Morgan fingerprint density at radius 2 is 1.18 bits per heavy atom. The fourth-order valence-electron chi connectivity index (χ4n) is 7.45. The van der Waals surface area contributed by atoms with Gasteiger partial charge >= 0.3 is 0 Å². The van der Waals surface area contributed by atoms with E-state index in [0.29, 0.717) is 43.6 Å². The number of fused-ring (bicyclic) bond motifs is 5. The van der Waals surface area contributed by atoms with Crippen molar-refractivity contribution >= 4 is 5.91 Å². The Morgan fingerprint density at radius 3 is 1.58 bits per heavy atom. The van der Waals surface area contributed by atoms with Crippen molar-refractivity contribution in [2.24, 2.45) is 0 Å². The lowest BCUT2D eigenvalue weighted by atomic mass is 9.70. The molecule has 2 aromatic carbocycles. The third-order valence-electron chi connectivity index (χ3n) is 10.3. The number of hydrogen-bond donors (Lipinski definition) is 8. The number of likely N-dealkylation sites (tertiary alicyclic amines) is 1. The van der Waals surface area contributed by atoms with Crippen LogP contribution in [-0.2, 0) is 19.7 Å². The van der Waals surface area contributed by atoms with Crippen LogP contribution >= 0.6 is 0 Å². The molecule has 2 aromatic rings. The minimum atomic E-state index is -1.53. The van der Waals surface area contributed by atoms with Gasteiger partial charge in [0.05, 0.1) is 19.8 Å². The quantitative estimate of drug-likeness (QED) is 0.157. The first-order chi connectivity index (χ1) is 23.9. The van der Waals surface area contributed by atoms with Crippen molar-refractivity contribution in [3.8, 4) is 34.8 Å². The second kappa shape index (κ2) is 14.7. The lowest BCUT2D eigenvalue weighted by Crippen LogP contribution is -2.58. The molecule has 10 atom stereocenters. The Morgan fingerprint density at radius 1 is 0.740 bits per heavy atom. The monoisotopic (exact) mass is 692 g/mol. The number of hydrogen-bond acceptors (Lipinski definition) is 12. The van der Waals surface area contributed by atoms with Gasteiger partial charge < -0.3 is 60.1 Å². The lowest BCUT2D eigenvalue weighted by molar-refractivity contribution is -0.214. The van der Waals surface area contributed by atoms with Crippen LogP contribution in [0.5, 0.6) is 0 Å². The van der Waals surface area contributed by atoms with Gasteiger partial charge in [0.15, 0.2) is 0 Å². The molecule has 1 spiro atoms.